The predicted octanol–water partition coefficient (Wildman–Crippen LogP) is 2.08. The number of nitrogens with zero attached hydrogens (tertiary/aromatic N) is 2. The average molecular weight is 298 g/mol. The molecule has 4 nitrogen and oxygen atoms in total. The lowest BCUT2D eigenvalue weighted by Crippen LogP contribution is -2.27. The summed E-state index contributed by atoms with van der Waals surface area (Å²) in [7, 11) is 0. The summed E-state index contributed by atoms with van der Waals surface area (Å²) in [6.45, 7) is 1.35. The molecule has 0 aliphatic heterocycles. The molecule has 1 aromatic rings. The normalized spacial score (nSPS) is 14.1. The number of hydrogen-bond donors (Lipinski definition) is 1. The van der Waals surface area contributed by atoms with E-state index in [0.29, 0.717) is 35.5 Å². The van der Waals surface area contributed by atoms with Gasteiger partial charge < -0.3 is 5.32 Å². The van der Waals surface area contributed by atoms with E-state index in [-0.39, 0.29) is 5.56 Å². The molecule has 0 bridgehead atoms. The minimum absolute atomic E-state index is 0.138. The third-order valence-electron chi connectivity index (χ3n) is 2.86. The molecule has 1 saturated carbocycles. The van der Waals surface area contributed by atoms with Gasteiger partial charge in [-0.15, -0.1) is 18.2 Å². The SMILES string of the molecule is C#CCSCCNc1c(Cl)cnn(CC2CC2)c1=O. The summed E-state index contributed by atoms with van der Waals surface area (Å²) in [5, 5.41) is 7.53. The smallest absolute Gasteiger partial charge is 0.291 e. The van der Waals surface area contributed by atoms with Crippen LogP contribution >= 0.6 is 23.4 Å². The Labute approximate surface area is 121 Å². The van der Waals surface area contributed by atoms with Gasteiger partial charge in [-0.05, 0) is 18.8 Å². The van der Waals surface area contributed by atoms with E-state index in [1.807, 2.05) is 0 Å². The van der Waals surface area contributed by atoms with E-state index >= 15 is 0 Å². The second-order valence-electron chi connectivity index (χ2n) is 4.48. The van der Waals surface area contributed by atoms with Crippen molar-refractivity contribution in [1.29, 1.82) is 0 Å². The van der Waals surface area contributed by atoms with Crippen molar-refractivity contribution in [2.24, 2.45) is 5.92 Å². The lowest BCUT2D eigenvalue weighted by molar-refractivity contribution is 0.534. The summed E-state index contributed by atoms with van der Waals surface area (Å²) in [6.07, 6.45) is 9.06. The molecule has 19 heavy (non-hydrogen) atoms. The fourth-order valence-electron chi connectivity index (χ4n) is 1.68. The lowest BCUT2D eigenvalue weighted by atomic mass is 10.4. The van der Waals surface area contributed by atoms with Crippen LogP contribution in [0.25, 0.3) is 0 Å². The molecule has 0 unspecified atom stereocenters. The third kappa shape index (κ3) is 4.19. The van der Waals surface area contributed by atoms with E-state index < -0.39 is 0 Å². The highest BCUT2D eigenvalue weighted by molar-refractivity contribution is 7.99. The van der Waals surface area contributed by atoms with E-state index in [4.69, 9.17) is 18.0 Å². The first kappa shape index (κ1) is 14.3. The fourth-order valence-corrected chi connectivity index (χ4v) is 2.38. The summed E-state index contributed by atoms with van der Waals surface area (Å²) in [5.41, 5.74) is 0.306. The molecule has 1 aliphatic carbocycles. The second kappa shape index (κ2) is 6.88. The van der Waals surface area contributed by atoms with E-state index in [9.17, 15) is 4.79 Å². The maximum atomic E-state index is 12.2. The van der Waals surface area contributed by atoms with Crippen LogP contribution in [0.15, 0.2) is 11.0 Å². The van der Waals surface area contributed by atoms with Gasteiger partial charge in [0.15, 0.2) is 0 Å². The number of aromatic nitrogens is 2. The molecular weight excluding hydrogens is 282 g/mol. The van der Waals surface area contributed by atoms with Gasteiger partial charge in [0.25, 0.3) is 5.56 Å². The van der Waals surface area contributed by atoms with Crippen LogP contribution in [0.1, 0.15) is 12.8 Å². The largest absolute Gasteiger partial charge is 0.378 e. The highest BCUT2D eigenvalue weighted by Crippen LogP contribution is 2.30. The van der Waals surface area contributed by atoms with Crippen molar-refractivity contribution in [3.05, 3.63) is 21.6 Å². The Morgan fingerprint density at radius 3 is 3.11 bits per heavy atom. The summed E-state index contributed by atoms with van der Waals surface area (Å²) >= 11 is 7.66. The number of halogens is 1. The molecular formula is C13H16ClN3OS. The molecule has 0 saturated heterocycles. The van der Waals surface area contributed by atoms with Crippen molar-refractivity contribution in [1.82, 2.24) is 9.78 Å². The van der Waals surface area contributed by atoms with Crippen LogP contribution in [0, 0.1) is 18.3 Å². The molecule has 1 aliphatic rings. The molecule has 0 atom stereocenters. The van der Waals surface area contributed by atoms with Crippen LogP contribution in [0.5, 0.6) is 0 Å². The summed E-state index contributed by atoms with van der Waals surface area (Å²) in [6, 6.07) is 0. The average Bonchev–Trinajstić information content (AvgIpc) is 3.20. The van der Waals surface area contributed by atoms with Crippen LogP contribution < -0.4 is 10.9 Å². The van der Waals surface area contributed by atoms with E-state index in [1.54, 1.807) is 11.8 Å². The minimum atomic E-state index is -0.138. The number of terminal acetylenes is 1. The van der Waals surface area contributed by atoms with Crippen molar-refractivity contribution in [2.75, 3.05) is 23.4 Å². The van der Waals surface area contributed by atoms with Crippen molar-refractivity contribution in [3.63, 3.8) is 0 Å². The standard InChI is InChI=1S/C13H16ClN3OS/c1-2-6-19-7-5-15-12-11(14)8-16-17(13(12)18)9-10-3-4-10/h1,8,10,15H,3-7,9H2. The number of thioether (sulfide) groups is 1. The maximum Gasteiger partial charge on any atom is 0.291 e. The van der Waals surface area contributed by atoms with Crippen molar-refractivity contribution in [2.45, 2.75) is 19.4 Å². The monoisotopic (exact) mass is 297 g/mol. The first-order valence-electron chi connectivity index (χ1n) is 6.23. The molecule has 0 aromatic carbocycles. The van der Waals surface area contributed by atoms with Gasteiger partial charge in [0, 0.05) is 18.8 Å². The van der Waals surface area contributed by atoms with Gasteiger partial charge in [-0.1, -0.05) is 17.5 Å². The zero-order valence-electron chi connectivity index (χ0n) is 10.6. The van der Waals surface area contributed by atoms with Gasteiger partial charge in [-0.3, -0.25) is 4.79 Å². The Hall–Kier alpha value is -1.12. The highest BCUT2D eigenvalue weighted by atomic mass is 35.5. The van der Waals surface area contributed by atoms with Crippen molar-refractivity contribution in [3.8, 4) is 12.3 Å². The first-order valence-corrected chi connectivity index (χ1v) is 7.76. The maximum absolute atomic E-state index is 12.2. The Bertz CT molecular complexity index is 534. The van der Waals surface area contributed by atoms with Crippen LogP contribution in [0.3, 0.4) is 0 Å². The van der Waals surface area contributed by atoms with Crippen LogP contribution in [0.2, 0.25) is 5.02 Å². The Kier molecular flexibility index (Phi) is 5.17. The summed E-state index contributed by atoms with van der Waals surface area (Å²) in [5.74, 6) is 4.68. The zero-order chi connectivity index (χ0) is 13.7. The molecule has 1 aromatic heterocycles. The quantitative estimate of drug-likeness (QED) is 0.618. The van der Waals surface area contributed by atoms with Gasteiger partial charge >= 0.3 is 0 Å². The fraction of sp³-hybridized carbons (Fsp3) is 0.538. The molecule has 1 fully saturated rings. The molecule has 1 heterocycles. The van der Waals surface area contributed by atoms with Gasteiger partial charge in [0.05, 0.1) is 17.0 Å². The minimum Gasteiger partial charge on any atom is -0.378 e. The number of rotatable bonds is 7. The molecule has 2 rings (SSSR count). The van der Waals surface area contributed by atoms with Crippen LogP contribution in [-0.2, 0) is 6.54 Å². The summed E-state index contributed by atoms with van der Waals surface area (Å²) < 4.78 is 1.50. The topological polar surface area (TPSA) is 46.9 Å². The van der Waals surface area contributed by atoms with Crippen molar-refractivity contribution >= 4 is 29.1 Å². The molecule has 102 valence electrons. The predicted molar refractivity (Wildman–Crippen MR) is 80.9 cm³/mol. The van der Waals surface area contributed by atoms with Crippen molar-refractivity contribution < 1.29 is 0 Å². The highest BCUT2D eigenvalue weighted by Gasteiger charge is 2.23. The van der Waals surface area contributed by atoms with Gasteiger partial charge in [0.1, 0.15) is 5.69 Å². The van der Waals surface area contributed by atoms with E-state index in [0.717, 1.165) is 5.75 Å². The van der Waals surface area contributed by atoms with Crippen LogP contribution in [-0.4, -0.2) is 27.8 Å². The van der Waals surface area contributed by atoms with Gasteiger partial charge in [-0.2, -0.15) is 5.10 Å². The first-order chi connectivity index (χ1) is 9.22. The lowest BCUT2D eigenvalue weighted by Gasteiger charge is -2.10. The molecule has 6 heteroatoms. The third-order valence-corrected chi connectivity index (χ3v) is 4.01. The molecule has 1 N–H and O–H groups in total. The molecule has 0 radical (unpaired) electrons. The number of nitrogens with one attached hydrogen (secondary N) is 1. The molecule has 0 spiro atoms. The zero-order valence-corrected chi connectivity index (χ0v) is 12.1. The number of hydrogen-bond acceptors (Lipinski definition) is 4. The second-order valence-corrected chi connectivity index (χ2v) is 5.99. The van der Waals surface area contributed by atoms with E-state index in [1.165, 1.54) is 23.7 Å². The van der Waals surface area contributed by atoms with E-state index in [2.05, 4.69) is 16.3 Å². The molecule has 0 amide bonds. The number of anilines is 1. The van der Waals surface area contributed by atoms with Gasteiger partial charge in [-0.25, -0.2) is 4.68 Å². The Morgan fingerprint density at radius 2 is 2.42 bits per heavy atom. The summed E-state index contributed by atoms with van der Waals surface area (Å²) in [4.78, 5) is 12.2. The Balaban J connectivity index is 1.97. The Morgan fingerprint density at radius 1 is 1.63 bits per heavy atom. The van der Waals surface area contributed by atoms with Crippen LogP contribution in [0.4, 0.5) is 5.69 Å². The van der Waals surface area contributed by atoms with Gasteiger partial charge in [0.2, 0.25) is 0 Å².